The van der Waals surface area contributed by atoms with Gasteiger partial charge in [0.15, 0.2) is 0 Å². The molecule has 3 N–H and O–H groups in total. The molecule has 17 heavy (non-hydrogen) atoms. The van der Waals surface area contributed by atoms with Crippen LogP contribution in [0.25, 0.3) is 0 Å². The zero-order chi connectivity index (χ0) is 11.8. The van der Waals surface area contributed by atoms with Crippen molar-refractivity contribution in [1.29, 1.82) is 0 Å². The van der Waals surface area contributed by atoms with Gasteiger partial charge < -0.3 is 16.0 Å². The van der Waals surface area contributed by atoms with Crippen molar-refractivity contribution in [2.24, 2.45) is 0 Å². The molecule has 0 aliphatic rings. The van der Waals surface area contributed by atoms with Crippen molar-refractivity contribution in [2.45, 2.75) is 13.0 Å². The van der Waals surface area contributed by atoms with Crippen LogP contribution in [0.2, 0.25) is 0 Å². The molecule has 0 radical (unpaired) electrons. The lowest BCUT2D eigenvalue weighted by atomic mass is 10.3. The first-order valence-electron chi connectivity index (χ1n) is 5.45. The van der Waals surface area contributed by atoms with Gasteiger partial charge in [0.1, 0.15) is 0 Å². The third-order valence-electron chi connectivity index (χ3n) is 2.13. The Morgan fingerprint density at radius 1 is 1.29 bits per heavy atom. The molecular weight excluding hydrogens is 238 g/mol. The van der Waals surface area contributed by atoms with E-state index in [0.29, 0.717) is 6.54 Å². The molecule has 0 heterocycles. The van der Waals surface area contributed by atoms with E-state index in [1.807, 2.05) is 37.3 Å². The van der Waals surface area contributed by atoms with Gasteiger partial charge in [-0.05, 0) is 26.1 Å². The highest BCUT2D eigenvalue weighted by molar-refractivity contribution is 5.85. The second-order valence-corrected chi connectivity index (χ2v) is 3.75. The van der Waals surface area contributed by atoms with Crippen LogP contribution in [0.4, 0.5) is 5.69 Å². The van der Waals surface area contributed by atoms with Crippen LogP contribution >= 0.6 is 12.4 Å². The Kier molecular flexibility index (Phi) is 8.19. The Balaban J connectivity index is 0.00000256. The quantitative estimate of drug-likeness (QED) is 0.719. The summed E-state index contributed by atoms with van der Waals surface area (Å²) in [7, 11) is 1.76. The summed E-state index contributed by atoms with van der Waals surface area (Å²) in [4.78, 5) is 11.3. The highest BCUT2D eigenvalue weighted by atomic mass is 35.5. The van der Waals surface area contributed by atoms with E-state index in [2.05, 4.69) is 16.0 Å². The Hall–Kier alpha value is -1.26. The molecule has 0 aromatic heterocycles. The molecular formula is C12H20ClN3O. The summed E-state index contributed by atoms with van der Waals surface area (Å²) in [5.74, 6) is 0.0184. The predicted octanol–water partition coefficient (Wildman–Crippen LogP) is 1.24. The lowest BCUT2D eigenvalue weighted by molar-refractivity contribution is -0.120. The van der Waals surface area contributed by atoms with Crippen molar-refractivity contribution < 1.29 is 4.79 Å². The van der Waals surface area contributed by atoms with Crippen molar-refractivity contribution in [1.82, 2.24) is 10.6 Å². The number of carbonyl (C=O) groups excluding carboxylic acids is 1. The minimum absolute atomic E-state index is 0. The minimum Gasteiger partial charge on any atom is -0.383 e. The lowest BCUT2D eigenvalue weighted by Crippen LogP contribution is -2.41. The normalized spacial score (nSPS) is 11.2. The molecule has 4 nitrogen and oxygen atoms in total. The monoisotopic (exact) mass is 257 g/mol. The molecule has 0 bridgehead atoms. The van der Waals surface area contributed by atoms with Gasteiger partial charge in [-0.15, -0.1) is 12.4 Å². The summed E-state index contributed by atoms with van der Waals surface area (Å²) >= 11 is 0. The average molecular weight is 258 g/mol. The SMILES string of the molecule is CNCC(=O)NC(C)CNc1ccccc1.Cl. The molecule has 0 aliphatic carbocycles. The van der Waals surface area contributed by atoms with Crippen LogP contribution in [-0.4, -0.2) is 32.1 Å². The summed E-state index contributed by atoms with van der Waals surface area (Å²) in [6, 6.07) is 10.0. The number of carbonyl (C=O) groups is 1. The van der Waals surface area contributed by atoms with Gasteiger partial charge in [-0.25, -0.2) is 0 Å². The zero-order valence-electron chi connectivity index (χ0n) is 10.2. The molecule has 0 saturated heterocycles. The van der Waals surface area contributed by atoms with Gasteiger partial charge in [0.25, 0.3) is 0 Å². The predicted molar refractivity (Wildman–Crippen MR) is 73.7 cm³/mol. The molecule has 1 aromatic carbocycles. The zero-order valence-corrected chi connectivity index (χ0v) is 11.0. The first-order valence-corrected chi connectivity index (χ1v) is 5.45. The summed E-state index contributed by atoms with van der Waals surface area (Å²) in [5, 5.41) is 8.96. The second kappa shape index (κ2) is 8.84. The Morgan fingerprint density at radius 3 is 2.53 bits per heavy atom. The van der Waals surface area contributed by atoms with E-state index in [-0.39, 0.29) is 24.4 Å². The van der Waals surface area contributed by atoms with Crippen LogP contribution in [0, 0.1) is 0 Å². The third-order valence-corrected chi connectivity index (χ3v) is 2.13. The number of nitrogens with one attached hydrogen (secondary N) is 3. The van der Waals surface area contributed by atoms with Gasteiger partial charge in [-0.3, -0.25) is 4.79 Å². The van der Waals surface area contributed by atoms with Crippen molar-refractivity contribution in [3.8, 4) is 0 Å². The minimum atomic E-state index is 0. The molecule has 96 valence electrons. The maximum Gasteiger partial charge on any atom is 0.234 e. The number of benzene rings is 1. The Bertz CT molecular complexity index is 319. The second-order valence-electron chi connectivity index (χ2n) is 3.75. The molecule has 1 atom stereocenters. The molecule has 0 saturated carbocycles. The van der Waals surface area contributed by atoms with E-state index >= 15 is 0 Å². The van der Waals surface area contributed by atoms with Gasteiger partial charge >= 0.3 is 0 Å². The summed E-state index contributed by atoms with van der Waals surface area (Å²) in [6.07, 6.45) is 0. The van der Waals surface area contributed by atoms with Gasteiger partial charge in [0, 0.05) is 18.3 Å². The van der Waals surface area contributed by atoms with Crippen LogP contribution < -0.4 is 16.0 Å². The standard InChI is InChI=1S/C12H19N3O.ClH/c1-10(15-12(16)9-13-2)8-14-11-6-4-3-5-7-11;/h3-7,10,13-14H,8-9H2,1-2H3,(H,15,16);1H. The number of anilines is 1. The van der Waals surface area contributed by atoms with Crippen LogP contribution in [-0.2, 0) is 4.79 Å². The number of halogens is 1. The lowest BCUT2D eigenvalue weighted by Gasteiger charge is -2.15. The number of amides is 1. The maximum atomic E-state index is 11.3. The summed E-state index contributed by atoms with van der Waals surface area (Å²) < 4.78 is 0. The average Bonchev–Trinajstić information content (AvgIpc) is 2.28. The molecule has 1 rings (SSSR count). The fourth-order valence-electron chi connectivity index (χ4n) is 1.36. The first kappa shape index (κ1) is 15.7. The number of hydrogen-bond acceptors (Lipinski definition) is 3. The van der Waals surface area contributed by atoms with Gasteiger partial charge in [0.05, 0.1) is 6.54 Å². The van der Waals surface area contributed by atoms with Crippen LogP contribution in [0.5, 0.6) is 0 Å². The van der Waals surface area contributed by atoms with Gasteiger partial charge in [-0.1, -0.05) is 18.2 Å². The van der Waals surface area contributed by atoms with Gasteiger partial charge in [-0.2, -0.15) is 0 Å². The summed E-state index contributed by atoms with van der Waals surface area (Å²) in [5.41, 5.74) is 1.07. The molecule has 0 spiro atoms. The fraction of sp³-hybridized carbons (Fsp3) is 0.417. The van der Waals surface area contributed by atoms with E-state index < -0.39 is 0 Å². The number of likely N-dealkylation sites (N-methyl/N-ethyl adjacent to an activating group) is 1. The van der Waals surface area contributed by atoms with Crippen molar-refractivity contribution in [3.63, 3.8) is 0 Å². The molecule has 5 heteroatoms. The Labute approximate surface area is 109 Å². The summed E-state index contributed by atoms with van der Waals surface area (Å²) in [6.45, 7) is 3.05. The molecule has 0 fully saturated rings. The van der Waals surface area contributed by atoms with Gasteiger partial charge in [0.2, 0.25) is 5.91 Å². The Morgan fingerprint density at radius 2 is 1.94 bits per heavy atom. The highest BCUT2D eigenvalue weighted by Crippen LogP contribution is 2.04. The van der Waals surface area contributed by atoms with Crippen LogP contribution in [0.1, 0.15) is 6.92 Å². The maximum absolute atomic E-state index is 11.3. The molecule has 1 unspecified atom stereocenters. The van der Waals surface area contributed by atoms with E-state index in [9.17, 15) is 4.79 Å². The van der Waals surface area contributed by atoms with Crippen LogP contribution in [0.15, 0.2) is 30.3 Å². The molecule has 0 aliphatic heterocycles. The fourth-order valence-corrected chi connectivity index (χ4v) is 1.36. The van der Waals surface area contributed by atoms with E-state index in [0.717, 1.165) is 12.2 Å². The molecule has 1 amide bonds. The largest absolute Gasteiger partial charge is 0.383 e. The van der Waals surface area contributed by atoms with Crippen molar-refractivity contribution >= 4 is 24.0 Å². The molecule has 1 aromatic rings. The third kappa shape index (κ3) is 6.81. The van der Waals surface area contributed by atoms with E-state index in [4.69, 9.17) is 0 Å². The van der Waals surface area contributed by atoms with Crippen molar-refractivity contribution in [3.05, 3.63) is 30.3 Å². The topological polar surface area (TPSA) is 53.2 Å². The smallest absolute Gasteiger partial charge is 0.234 e. The van der Waals surface area contributed by atoms with E-state index in [1.54, 1.807) is 7.05 Å². The van der Waals surface area contributed by atoms with Crippen LogP contribution in [0.3, 0.4) is 0 Å². The first-order chi connectivity index (χ1) is 7.72. The number of hydrogen-bond donors (Lipinski definition) is 3. The highest BCUT2D eigenvalue weighted by Gasteiger charge is 2.05. The number of rotatable bonds is 6. The van der Waals surface area contributed by atoms with E-state index in [1.165, 1.54) is 0 Å². The number of para-hydroxylation sites is 1. The van der Waals surface area contributed by atoms with Crippen molar-refractivity contribution in [2.75, 3.05) is 25.5 Å².